The highest BCUT2D eigenvalue weighted by Gasteiger charge is 2.22. The van der Waals surface area contributed by atoms with Gasteiger partial charge in [0.05, 0.1) is 6.20 Å². The van der Waals surface area contributed by atoms with Crippen molar-refractivity contribution in [1.82, 2.24) is 4.98 Å². The fourth-order valence-electron chi connectivity index (χ4n) is 2.23. The number of halogens is 2. The lowest BCUT2D eigenvalue weighted by molar-refractivity contribution is 0.348. The predicted molar refractivity (Wildman–Crippen MR) is 59.2 cm³/mol. The van der Waals surface area contributed by atoms with Gasteiger partial charge >= 0.3 is 0 Å². The summed E-state index contributed by atoms with van der Waals surface area (Å²) in [7, 11) is 0. The average Bonchev–Trinajstić information content (AvgIpc) is 2.25. The van der Waals surface area contributed by atoms with E-state index in [9.17, 15) is 8.78 Å². The lowest BCUT2D eigenvalue weighted by Crippen LogP contribution is -2.31. The molecule has 1 aliphatic rings. The molecule has 1 saturated carbocycles. The molecule has 1 N–H and O–H groups in total. The molecule has 16 heavy (non-hydrogen) atoms. The Morgan fingerprint density at radius 2 is 2.06 bits per heavy atom. The zero-order chi connectivity index (χ0) is 11.5. The van der Waals surface area contributed by atoms with E-state index < -0.39 is 11.6 Å². The Bertz CT molecular complexity index is 368. The molecule has 1 aromatic rings. The number of nitrogens with one attached hydrogen (secondary N) is 1. The molecule has 2 unspecified atom stereocenters. The van der Waals surface area contributed by atoms with Crippen molar-refractivity contribution >= 4 is 5.82 Å². The summed E-state index contributed by atoms with van der Waals surface area (Å²) in [6.07, 6.45) is 5.61. The van der Waals surface area contributed by atoms with Crippen molar-refractivity contribution < 1.29 is 8.78 Å². The fraction of sp³-hybridized carbons (Fsp3) is 0.583. The second kappa shape index (κ2) is 4.76. The zero-order valence-corrected chi connectivity index (χ0v) is 9.34. The third-order valence-corrected chi connectivity index (χ3v) is 3.24. The third kappa shape index (κ3) is 2.49. The van der Waals surface area contributed by atoms with Gasteiger partial charge in [-0.2, -0.15) is 0 Å². The molecule has 2 atom stereocenters. The van der Waals surface area contributed by atoms with Gasteiger partial charge in [-0.25, -0.2) is 13.8 Å². The molecule has 2 rings (SSSR count). The van der Waals surface area contributed by atoms with Crippen molar-refractivity contribution in [3.8, 4) is 0 Å². The van der Waals surface area contributed by atoms with Crippen molar-refractivity contribution in [2.24, 2.45) is 5.92 Å². The van der Waals surface area contributed by atoms with Gasteiger partial charge in [0.15, 0.2) is 11.6 Å². The van der Waals surface area contributed by atoms with Crippen LogP contribution in [0.1, 0.15) is 32.6 Å². The zero-order valence-electron chi connectivity index (χ0n) is 9.34. The van der Waals surface area contributed by atoms with E-state index in [1.54, 1.807) is 0 Å². The number of pyridine rings is 1. The minimum atomic E-state index is -0.639. The number of hydrogen-bond acceptors (Lipinski definition) is 2. The van der Waals surface area contributed by atoms with Crippen LogP contribution < -0.4 is 5.32 Å². The largest absolute Gasteiger partial charge is 0.365 e. The van der Waals surface area contributed by atoms with Gasteiger partial charge in [-0.15, -0.1) is 0 Å². The maximum Gasteiger partial charge on any atom is 0.168 e. The number of rotatable bonds is 2. The molecule has 0 amide bonds. The second-order valence-corrected chi connectivity index (χ2v) is 4.50. The Kier molecular flexibility index (Phi) is 3.36. The molecule has 0 aromatic carbocycles. The van der Waals surface area contributed by atoms with Gasteiger partial charge in [0.1, 0.15) is 5.82 Å². The Morgan fingerprint density at radius 3 is 2.75 bits per heavy atom. The second-order valence-electron chi connectivity index (χ2n) is 4.50. The van der Waals surface area contributed by atoms with E-state index in [1.807, 2.05) is 0 Å². The van der Waals surface area contributed by atoms with E-state index in [0.717, 1.165) is 31.5 Å². The summed E-state index contributed by atoms with van der Waals surface area (Å²) in [5, 5.41) is 3.07. The van der Waals surface area contributed by atoms with Crippen LogP contribution in [0, 0.1) is 17.6 Å². The third-order valence-electron chi connectivity index (χ3n) is 3.24. The molecule has 1 aliphatic carbocycles. The van der Waals surface area contributed by atoms with Crippen LogP contribution in [-0.2, 0) is 0 Å². The Hall–Kier alpha value is -1.19. The first-order chi connectivity index (χ1) is 7.66. The predicted octanol–water partition coefficient (Wildman–Crippen LogP) is 3.35. The van der Waals surface area contributed by atoms with E-state index >= 15 is 0 Å². The molecule has 0 aliphatic heterocycles. The standard InChI is InChI=1S/C12H16F2N2/c1-8-4-2-3-5-11(8)16-12-10(14)6-9(13)7-15-12/h6-8,11H,2-5H2,1H3,(H,15,16). The van der Waals surface area contributed by atoms with Crippen LogP contribution in [0.25, 0.3) is 0 Å². The normalized spacial score (nSPS) is 25.4. The minimum Gasteiger partial charge on any atom is -0.365 e. The van der Waals surface area contributed by atoms with Crippen LogP contribution in [0.2, 0.25) is 0 Å². The van der Waals surface area contributed by atoms with Crippen molar-refractivity contribution in [2.45, 2.75) is 38.6 Å². The summed E-state index contributed by atoms with van der Waals surface area (Å²) in [5.74, 6) is -0.572. The highest BCUT2D eigenvalue weighted by molar-refractivity contribution is 5.37. The molecule has 1 aromatic heterocycles. The molecule has 2 nitrogen and oxygen atoms in total. The van der Waals surface area contributed by atoms with Gasteiger partial charge in [0, 0.05) is 12.1 Å². The van der Waals surface area contributed by atoms with Gasteiger partial charge in [-0.1, -0.05) is 19.8 Å². The quantitative estimate of drug-likeness (QED) is 0.836. The van der Waals surface area contributed by atoms with Crippen LogP contribution in [0.5, 0.6) is 0 Å². The van der Waals surface area contributed by atoms with E-state index in [2.05, 4.69) is 17.2 Å². The molecule has 88 valence electrons. The van der Waals surface area contributed by atoms with E-state index in [0.29, 0.717) is 5.92 Å². The van der Waals surface area contributed by atoms with Crippen molar-refractivity contribution in [1.29, 1.82) is 0 Å². The summed E-state index contributed by atoms with van der Waals surface area (Å²) >= 11 is 0. The minimum absolute atomic E-state index is 0.167. The lowest BCUT2D eigenvalue weighted by atomic mass is 9.86. The molecular weight excluding hydrogens is 210 g/mol. The summed E-state index contributed by atoms with van der Waals surface area (Å²) in [6, 6.07) is 1.12. The summed E-state index contributed by atoms with van der Waals surface area (Å²) in [5.41, 5.74) is 0. The first-order valence-corrected chi connectivity index (χ1v) is 5.74. The lowest BCUT2D eigenvalue weighted by Gasteiger charge is -2.29. The van der Waals surface area contributed by atoms with E-state index in [-0.39, 0.29) is 11.9 Å². The number of anilines is 1. The first kappa shape index (κ1) is 11.3. The van der Waals surface area contributed by atoms with Crippen molar-refractivity contribution in [3.05, 3.63) is 23.9 Å². The maximum absolute atomic E-state index is 13.4. The Morgan fingerprint density at radius 1 is 1.31 bits per heavy atom. The van der Waals surface area contributed by atoms with Gasteiger partial charge in [0.25, 0.3) is 0 Å². The molecule has 0 saturated heterocycles. The Labute approximate surface area is 94.1 Å². The Balaban J connectivity index is 2.07. The van der Waals surface area contributed by atoms with Crippen molar-refractivity contribution in [3.63, 3.8) is 0 Å². The van der Waals surface area contributed by atoms with Crippen LogP contribution >= 0.6 is 0 Å². The van der Waals surface area contributed by atoms with Gasteiger partial charge in [0.2, 0.25) is 0 Å². The van der Waals surface area contributed by atoms with Crippen LogP contribution in [0.15, 0.2) is 12.3 Å². The van der Waals surface area contributed by atoms with Crippen LogP contribution in [0.4, 0.5) is 14.6 Å². The SMILES string of the molecule is CC1CCCCC1Nc1ncc(F)cc1F. The maximum atomic E-state index is 13.4. The van der Waals surface area contributed by atoms with Gasteiger partial charge in [-0.3, -0.25) is 0 Å². The van der Waals surface area contributed by atoms with E-state index in [4.69, 9.17) is 0 Å². The fourth-order valence-corrected chi connectivity index (χ4v) is 2.23. The van der Waals surface area contributed by atoms with Crippen LogP contribution in [0.3, 0.4) is 0 Å². The van der Waals surface area contributed by atoms with Crippen LogP contribution in [-0.4, -0.2) is 11.0 Å². The number of aromatic nitrogens is 1. The molecule has 1 heterocycles. The number of nitrogens with zero attached hydrogens (tertiary/aromatic N) is 1. The number of hydrogen-bond donors (Lipinski definition) is 1. The summed E-state index contributed by atoms with van der Waals surface area (Å²) in [6.45, 7) is 2.15. The molecule has 0 spiro atoms. The molecule has 4 heteroatoms. The average molecular weight is 226 g/mol. The summed E-state index contributed by atoms with van der Waals surface area (Å²) < 4.78 is 26.0. The highest BCUT2D eigenvalue weighted by atomic mass is 19.1. The molecule has 0 bridgehead atoms. The highest BCUT2D eigenvalue weighted by Crippen LogP contribution is 2.26. The molecule has 1 fully saturated rings. The molecule has 0 radical (unpaired) electrons. The van der Waals surface area contributed by atoms with E-state index in [1.165, 1.54) is 6.42 Å². The molecular formula is C12H16F2N2. The van der Waals surface area contributed by atoms with Gasteiger partial charge < -0.3 is 5.32 Å². The summed E-state index contributed by atoms with van der Waals surface area (Å²) in [4.78, 5) is 3.75. The smallest absolute Gasteiger partial charge is 0.168 e. The monoisotopic (exact) mass is 226 g/mol. The topological polar surface area (TPSA) is 24.9 Å². The van der Waals surface area contributed by atoms with Gasteiger partial charge in [-0.05, 0) is 18.8 Å². The first-order valence-electron chi connectivity index (χ1n) is 5.74. The van der Waals surface area contributed by atoms with Crippen molar-refractivity contribution in [2.75, 3.05) is 5.32 Å².